The predicted molar refractivity (Wildman–Crippen MR) is 72.1 cm³/mol. The number of thiophene rings is 1. The summed E-state index contributed by atoms with van der Waals surface area (Å²) in [5, 5.41) is 18.6. The van der Waals surface area contributed by atoms with Gasteiger partial charge < -0.3 is 10.2 Å². The Morgan fingerprint density at radius 1 is 1.47 bits per heavy atom. The minimum absolute atomic E-state index is 0.00948. The van der Waals surface area contributed by atoms with Crippen LogP contribution in [0.4, 0.5) is 0 Å². The van der Waals surface area contributed by atoms with Gasteiger partial charge in [-0.3, -0.25) is 0 Å². The molecule has 0 atom stereocenters. The van der Waals surface area contributed by atoms with E-state index in [1.165, 1.54) is 27.0 Å². The molecule has 0 aliphatic rings. The lowest BCUT2D eigenvalue weighted by molar-refractivity contribution is 0.0639. The zero-order valence-corrected chi connectivity index (χ0v) is 12.8. The Morgan fingerprint density at radius 2 is 2.00 bits per heavy atom. The van der Waals surface area contributed by atoms with Crippen molar-refractivity contribution < 1.29 is 23.4 Å². The zero-order valence-electron chi connectivity index (χ0n) is 11.2. The fraction of sp³-hybridized carbons (Fsp3) is 0.545. The lowest BCUT2D eigenvalue weighted by atomic mass is 10.1. The number of aromatic carboxylic acids is 1. The van der Waals surface area contributed by atoms with E-state index in [9.17, 15) is 18.3 Å². The first kappa shape index (κ1) is 16.1. The third-order valence-electron chi connectivity index (χ3n) is 2.36. The van der Waals surface area contributed by atoms with Gasteiger partial charge in [0.15, 0.2) is 0 Å². The Hall–Kier alpha value is -0.960. The monoisotopic (exact) mass is 307 g/mol. The third kappa shape index (κ3) is 3.75. The molecule has 0 radical (unpaired) electrons. The Kier molecular flexibility index (Phi) is 4.40. The van der Waals surface area contributed by atoms with E-state index in [0.29, 0.717) is 5.56 Å². The third-order valence-corrected chi connectivity index (χ3v) is 5.84. The van der Waals surface area contributed by atoms with E-state index in [-0.39, 0.29) is 15.6 Å². The van der Waals surface area contributed by atoms with Crippen LogP contribution in [0.25, 0.3) is 0 Å². The highest BCUT2D eigenvalue weighted by Gasteiger charge is 2.29. The maximum Gasteiger partial charge on any atom is 0.346 e. The topological polar surface area (TPSA) is 94.9 Å². The van der Waals surface area contributed by atoms with Crippen LogP contribution < -0.4 is 0 Å². The van der Waals surface area contributed by atoms with Gasteiger partial charge in [0.1, 0.15) is 9.09 Å². The largest absolute Gasteiger partial charge is 0.477 e. The SMILES string of the molecule is Cc1cc(S(=O)(=O)N(C)CC(C)(C)O)sc1C(=O)O. The maximum atomic E-state index is 12.2. The van der Waals surface area contributed by atoms with Crippen LogP contribution in [0.2, 0.25) is 0 Å². The Morgan fingerprint density at radius 3 is 2.37 bits per heavy atom. The smallest absolute Gasteiger partial charge is 0.346 e. The number of carbonyl (C=O) groups is 1. The lowest BCUT2D eigenvalue weighted by Gasteiger charge is -2.24. The van der Waals surface area contributed by atoms with Gasteiger partial charge in [0, 0.05) is 13.6 Å². The molecule has 0 saturated carbocycles. The van der Waals surface area contributed by atoms with Gasteiger partial charge in [-0.1, -0.05) is 0 Å². The molecule has 1 rings (SSSR count). The van der Waals surface area contributed by atoms with Crippen LogP contribution in [0.5, 0.6) is 0 Å². The van der Waals surface area contributed by atoms with Crippen LogP contribution in [0, 0.1) is 6.92 Å². The molecule has 2 N–H and O–H groups in total. The van der Waals surface area contributed by atoms with Crippen LogP contribution in [0.1, 0.15) is 29.1 Å². The summed E-state index contributed by atoms with van der Waals surface area (Å²) in [4.78, 5) is 10.9. The van der Waals surface area contributed by atoms with Crippen molar-refractivity contribution >= 4 is 27.3 Å². The molecule has 8 heteroatoms. The Labute approximate surface area is 116 Å². The molecule has 0 aliphatic carbocycles. The molecule has 19 heavy (non-hydrogen) atoms. The average Bonchev–Trinajstić information content (AvgIpc) is 2.58. The second-order valence-corrected chi connectivity index (χ2v) is 8.28. The number of sulfonamides is 1. The summed E-state index contributed by atoms with van der Waals surface area (Å²) >= 11 is 0.718. The van der Waals surface area contributed by atoms with Crippen molar-refractivity contribution in [2.75, 3.05) is 13.6 Å². The molecule has 0 bridgehead atoms. The summed E-state index contributed by atoms with van der Waals surface area (Å²) in [5.74, 6) is -1.14. The predicted octanol–water partition coefficient (Wildman–Crippen LogP) is 1.15. The number of aryl methyl sites for hydroxylation is 1. The first-order valence-corrected chi connectivity index (χ1v) is 7.73. The molecule has 0 spiro atoms. The van der Waals surface area contributed by atoms with Crippen LogP contribution in [-0.4, -0.2) is 48.1 Å². The van der Waals surface area contributed by atoms with E-state index in [2.05, 4.69) is 0 Å². The molecule has 0 unspecified atom stereocenters. The lowest BCUT2D eigenvalue weighted by Crippen LogP contribution is -2.39. The molecular weight excluding hydrogens is 290 g/mol. The zero-order chi connectivity index (χ0) is 15.0. The van der Waals surface area contributed by atoms with Crippen LogP contribution >= 0.6 is 11.3 Å². The summed E-state index contributed by atoms with van der Waals surface area (Å²) in [6.07, 6.45) is 0. The molecule has 1 heterocycles. The second-order valence-electron chi connectivity index (χ2n) is 4.96. The molecule has 1 aromatic rings. The normalized spacial score (nSPS) is 12.9. The number of aliphatic hydroxyl groups is 1. The van der Waals surface area contributed by atoms with Gasteiger partial charge in [-0.15, -0.1) is 11.3 Å². The van der Waals surface area contributed by atoms with Gasteiger partial charge in [0.2, 0.25) is 0 Å². The van der Waals surface area contributed by atoms with Crippen LogP contribution in [0.15, 0.2) is 10.3 Å². The molecular formula is C11H17NO5S2. The van der Waals surface area contributed by atoms with Gasteiger partial charge in [-0.25, -0.2) is 13.2 Å². The fourth-order valence-corrected chi connectivity index (χ4v) is 4.49. The van der Waals surface area contributed by atoms with Crippen molar-refractivity contribution in [3.63, 3.8) is 0 Å². The highest BCUT2D eigenvalue weighted by atomic mass is 32.2. The van der Waals surface area contributed by atoms with E-state index in [1.54, 1.807) is 6.92 Å². The summed E-state index contributed by atoms with van der Waals surface area (Å²) in [6.45, 7) is 4.48. The Balaban J connectivity index is 3.14. The second kappa shape index (κ2) is 5.20. The van der Waals surface area contributed by atoms with E-state index in [1.807, 2.05) is 0 Å². The maximum absolute atomic E-state index is 12.2. The first-order chi connectivity index (χ1) is 8.45. The molecule has 0 fully saturated rings. The van der Waals surface area contributed by atoms with E-state index >= 15 is 0 Å². The quantitative estimate of drug-likeness (QED) is 0.851. The highest BCUT2D eigenvalue weighted by molar-refractivity contribution is 7.91. The van der Waals surface area contributed by atoms with Crippen molar-refractivity contribution in [3.8, 4) is 0 Å². The number of hydrogen-bond acceptors (Lipinski definition) is 5. The summed E-state index contributed by atoms with van der Waals surface area (Å²) in [7, 11) is -2.43. The number of carboxylic acid groups (broad SMARTS) is 1. The van der Waals surface area contributed by atoms with Crippen molar-refractivity contribution in [1.29, 1.82) is 0 Å². The number of nitrogens with zero attached hydrogens (tertiary/aromatic N) is 1. The van der Waals surface area contributed by atoms with Gasteiger partial charge in [-0.05, 0) is 32.4 Å². The first-order valence-electron chi connectivity index (χ1n) is 5.47. The number of likely N-dealkylation sites (N-methyl/N-ethyl adjacent to an activating group) is 1. The molecule has 0 amide bonds. The van der Waals surface area contributed by atoms with E-state index < -0.39 is 21.6 Å². The Bertz CT molecular complexity index is 583. The average molecular weight is 307 g/mol. The molecule has 108 valence electrons. The van der Waals surface area contributed by atoms with Crippen molar-refractivity contribution in [2.45, 2.75) is 30.6 Å². The minimum atomic E-state index is -3.78. The summed E-state index contributed by atoms with van der Waals surface area (Å²) in [5.41, 5.74) is -0.753. The van der Waals surface area contributed by atoms with Crippen LogP contribution in [0.3, 0.4) is 0 Å². The van der Waals surface area contributed by atoms with Crippen molar-refractivity contribution in [3.05, 3.63) is 16.5 Å². The molecule has 6 nitrogen and oxygen atoms in total. The number of hydrogen-bond donors (Lipinski definition) is 2. The summed E-state index contributed by atoms with van der Waals surface area (Å²) in [6, 6.07) is 1.34. The van der Waals surface area contributed by atoms with Gasteiger partial charge in [-0.2, -0.15) is 4.31 Å². The summed E-state index contributed by atoms with van der Waals surface area (Å²) < 4.78 is 25.4. The van der Waals surface area contributed by atoms with Gasteiger partial charge in [0.05, 0.1) is 5.60 Å². The van der Waals surface area contributed by atoms with E-state index in [4.69, 9.17) is 5.11 Å². The van der Waals surface area contributed by atoms with Crippen molar-refractivity contribution in [1.82, 2.24) is 4.31 Å². The molecule has 0 aliphatic heterocycles. The van der Waals surface area contributed by atoms with Crippen molar-refractivity contribution in [2.24, 2.45) is 0 Å². The molecule has 0 aromatic carbocycles. The standard InChI is InChI=1S/C11H17NO5S2/c1-7-5-8(18-9(7)10(13)14)19(16,17)12(4)6-11(2,3)15/h5,15H,6H2,1-4H3,(H,13,14). The number of rotatable bonds is 5. The molecule has 0 saturated heterocycles. The number of carboxylic acids is 1. The van der Waals surface area contributed by atoms with Crippen LogP contribution in [-0.2, 0) is 10.0 Å². The molecule has 1 aromatic heterocycles. The van der Waals surface area contributed by atoms with Gasteiger partial charge >= 0.3 is 5.97 Å². The van der Waals surface area contributed by atoms with E-state index in [0.717, 1.165) is 15.6 Å². The van der Waals surface area contributed by atoms with Gasteiger partial charge in [0.25, 0.3) is 10.0 Å². The highest BCUT2D eigenvalue weighted by Crippen LogP contribution is 2.28. The minimum Gasteiger partial charge on any atom is -0.477 e. The fourth-order valence-electron chi connectivity index (χ4n) is 1.58.